The van der Waals surface area contributed by atoms with Gasteiger partial charge in [-0.3, -0.25) is 0 Å². The summed E-state index contributed by atoms with van der Waals surface area (Å²) in [6, 6.07) is 4.75. The first-order valence-electron chi connectivity index (χ1n) is 5.14. The number of carbonyl (C=O) groups is 1. The third kappa shape index (κ3) is 3.59. The van der Waals surface area contributed by atoms with Crippen molar-refractivity contribution in [2.75, 3.05) is 28.3 Å². The van der Waals surface area contributed by atoms with Crippen LogP contribution in [0.25, 0.3) is 0 Å². The van der Waals surface area contributed by atoms with Crippen LogP contribution in [0.4, 0.5) is 0 Å². The molecule has 5 nitrogen and oxygen atoms in total. The van der Waals surface area contributed by atoms with Crippen LogP contribution in [-0.4, -0.2) is 44.4 Å². The van der Waals surface area contributed by atoms with E-state index in [1.54, 1.807) is 37.2 Å². The molecular formula is C12H15NO4S. The van der Waals surface area contributed by atoms with E-state index in [0.29, 0.717) is 22.2 Å². The fourth-order valence-corrected chi connectivity index (χ4v) is 1.27. The SMILES string of the molecule is COC(=O)c1cc(OC)cc(OC(=S)N(C)C)c1. The van der Waals surface area contributed by atoms with Crippen molar-refractivity contribution in [1.29, 1.82) is 0 Å². The molecule has 0 saturated heterocycles. The Hall–Kier alpha value is -1.82. The molecule has 0 amide bonds. The summed E-state index contributed by atoms with van der Waals surface area (Å²) in [6.45, 7) is 0. The molecule has 1 aromatic rings. The zero-order chi connectivity index (χ0) is 13.7. The molecule has 0 bridgehead atoms. The van der Waals surface area contributed by atoms with Crippen LogP contribution in [0.15, 0.2) is 18.2 Å². The summed E-state index contributed by atoms with van der Waals surface area (Å²) >= 11 is 5.02. The highest BCUT2D eigenvalue weighted by Gasteiger charge is 2.11. The highest BCUT2D eigenvalue weighted by atomic mass is 32.1. The van der Waals surface area contributed by atoms with Gasteiger partial charge in [0.15, 0.2) is 0 Å². The maximum atomic E-state index is 11.5. The Morgan fingerprint density at radius 3 is 2.28 bits per heavy atom. The molecule has 98 valence electrons. The summed E-state index contributed by atoms with van der Waals surface area (Å²) in [5.41, 5.74) is 0.341. The van der Waals surface area contributed by atoms with Crippen LogP contribution in [-0.2, 0) is 4.74 Å². The number of esters is 1. The van der Waals surface area contributed by atoms with Crippen molar-refractivity contribution in [2.45, 2.75) is 0 Å². The van der Waals surface area contributed by atoms with Crippen molar-refractivity contribution in [1.82, 2.24) is 4.90 Å². The Morgan fingerprint density at radius 2 is 1.78 bits per heavy atom. The molecule has 6 heteroatoms. The summed E-state index contributed by atoms with van der Waals surface area (Å²) in [7, 11) is 6.35. The number of rotatable bonds is 3. The smallest absolute Gasteiger partial charge is 0.338 e. The molecule has 0 N–H and O–H groups in total. The van der Waals surface area contributed by atoms with Crippen LogP contribution in [0.5, 0.6) is 11.5 Å². The third-order valence-electron chi connectivity index (χ3n) is 2.11. The molecule has 0 saturated carbocycles. The molecule has 18 heavy (non-hydrogen) atoms. The minimum atomic E-state index is -0.463. The zero-order valence-corrected chi connectivity index (χ0v) is 11.5. The van der Waals surface area contributed by atoms with E-state index >= 15 is 0 Å². The maximum absolute atomic E-state index is 11.5. The summed E-state index contributed by atoms with van der Waals surface area (Å²) in [5, 5.41) is 0.291. The predicted octanol–water partition coefficient (Wildman–Crippen LogP) is 1.71. The number of ether oxygens (including phenoxy) is 3. The minimum absolute atomic E-state index is 0.291. The first kappa shape index (κ1) is 14.2. The lowest BCUT2D eigenvalue weighted by molar-refractivity contribution is 0.0600. The molecule has 0 atom stereocenters. The van der Waals surface area contributed by atoms with E-state index in [0.717, 1.165) is 0 Å². The highest BCUT2D eigenvalue weighted by Crippen LogP contribution is 2.23. The maximum Gasteiger partial charge on any atom is 0.338 e. The molecule has 0 fully saturated rings. The van der Waals surface area contributed by atoms with Gasteiger partial charge in [-0.05, 0) is 24.4 Å². The Kier molecular flexibility index (Phi) is 4.91. The van der Waals surface area contributed by atoms with E-state index in [-0.39, 0.29) is 0 Å². The van der Waals surface area contributed by atoms with E-state index < -0.39 is 5.97 Å². The van der Waals surface area contributed by atoms with E-state index in [1.165, 1.54) is 14.2 Å². The number of hydrogen-bond acceptors (Lipinski definition) is 5. The highest BCUT2D eigenvalue weighted by molar-refractivity contribution is 7.80. The molecule has 0 radical (unpaired) electrons. The first-order valence-corrected chi connectivity index (χ1v) is 5.55. The van der Waals surface area contributed by atoms with Crippen LogP contribution in [0, 0.1) is 0 Å². The molecule has 0 heterocycles. The Balaban J connectivity index is 3.04. The van der Waals surface area contributed by atoms with E-state index in [1.807, 2.05) is 0 Å². The average molecular weight is 269 g/mol. The Bertz CT molecular complexity index is 459. The van der Waals surface area contributed by atoms with Crippen molar-refractivity contribution in [3.63, 3.8) is 0 Å². The van der Waals surface area contributed by atoms with Gasteiger partial charge in [0.25, 0.3) is 5.17 Å². The van der Waals surface area contributed by atoms with Gasteiger partial charge in [-0.1, -0.05) is 0 Å². The molecule has 0 aliphatic carbocycles. The fraction of sp³-hybridized carbons (Fsp3) is 0.333. The van der Waals surface area contributed by atoms with Crippen LogP contribution < -0.4 is 9.47 Å². The molecule has 1 rings (SSSR count). The first-order chi connectivity index (χ1) is 8.47. The van der Waals surface area contributed by atoms with Gasteiger partial charge >= 0.3 is 5.97 Å². The molecule has 0 aliphatic rings. The van der Waals surface area contributed by atoms with Crippen LogP contribution in [0.1, 0.15) is 10.4 Å². The largest absolute Gasteiger partial charge is 0.497 e. The fourth-order valence-electron chi connectivity index (χ4n) is 1.18. The normalized spacial score (nSPS) is 9.56. The van der Waals surface area contributed by atoms with Gasteiger partial charge in [0, 0.05) is 20.2 Å². The molecule has 0 unspecified atom stereocenters. The Morgan fingerprint density at radius 1 is 1.17 bits per heavy atom. The molecule has 0 aromatic heterocycles. The van der Waals surface area contributed by atoms with Crippen LogP contribution >= 0.6 is 12.2 Å². The van der Waals surface area contributed by atoms with Crippen molar-refractivity contribution in [2.24, 2.45) is 0 Å². The van der Waals surface area contributed by atoms with E-state index in [4.69, 9.17) is 21.7 Å². The lowest BCUT2D eigenvalue weighted by Gasteiger charge is -2.15. The molecule has 0 spiro atoms. The number of hydrogen-bond donors (Lipinski definition) is 0. The number of methoxy groups -OCH3 is 2. The summed E-state index contributed by atoms with van der Waals surface area (Å²) in [5.74, 6) is 0.456. The second-order valence-electron chi connectivity index (χ2n) is 3.65. The van der Waals surface area contributed by atoms with E-state index in [2.05, 4.69) is 4.74 Å². The van der Waals surface area contributed by atoms with Crippen molar-refractivity contribution in [3.05, 3.63) is 23.8 Å². The van der Waals surface area contributed by atoms with Gasteiger partial charge in [0.2, 0.25) is 0 Å². The summed E-state index contributed by atoms with van der Waals surface area (Å²) in [6.07, 6.45) is 0. The van der Waals surface area contributed by atoms with Crippen molar-refractivity contribution >= 4 is 23.4 Å². The number of carbonyl (C=O) groups excluding carboxylic acids is 1. The summed E-state index contributed by atoms with van der Waals surface area (Å²) in [4.78, 5) is 13.1. The number of benzene rings is 1. The quantitative estimate of drug-likeness (QED) is 0.615. The second kappa shape index (κ2) is 6.20. The van der Waals surface area contributed by atoms with Crippen LogP contribution in [0.2, 0.25) is 0 Å². The number of nitrogens with zero attached hydrogens (tertiary/aromatic N) is 1. The Labute approximate surface area is 111 Å². The van der Waals surface area contributed by atoms with Gasteiger partial charge in [-0.15, -0.1) is 0 Å². The average Bonchev–Trinajstić information content (AvgIpc) is 2.37. The van der Waals surface area contributed by atoms with Gasteiger partial charge in [0.05, 0.1) is 19.8 Å². The lowest BCUT2D eigenvalue weighted by Crippen LogP contribution is -2.25. The van der Waals surface area contributed by atoms with Gasteiger partial charge < -0.3 is 19.1 Å². The number of thiocarbonyl (C=S) groups is 1. The predicted molar refractivity (Wildman–Crippen MR) is 71.2 cm³/mol. The van der Waals surface area contributed by atoms with E-state index in [9.17, 15) is 4.79 Å². The second-order valence-corrected chi connectivity index (χ2v) is 4.00. The molecule has 0 aliphatic heterocycles. The van der Waals surface area contributed by atoms with Crippen molar-refractivity contribution in [3.8, 4) is 11.5 Å². The topological polar surface area (TPSA) is 48.0 Å². The standard InChI is InChI=1S/C12H15NO4S/c1-13(2)12(18)17-10-6-8(11(14)16-4)5-9(7-10)15-3/h5-7H,1-4H3. The van der Waals surface area contributed by atoms with Gasteiger partial charge in [0.1, 0.15) is 11.5 Å². The molecule has 1 aromatic carbocycles. The summed E-state index contributed by atoms with van der Waals surface area (Å²) < 4.78 is 15.2. The lowest BCUT2D eigenvalue weighted by atomic mass is 10.2. The zero-order valence-electron chi connectivity index (χ0n) is 10.7. The monoisotopic (exact) mass is 269 g/mol. The minimum Gasteiger partial charge on any atom is -0.497 e. The van der Waals surface area contributed by atoms with Gasteiger partial charge in [-0.25, -0.2) is 4.79 Å². The van der Waals surface area contributed by atoms with Gasteiger partial charge in [-0.2, -0.15) is 0 Å². The van der Waals surface area contributed by atoms with Crippen molar-refractivity contribution < 1.29 is 19.0 Å². The van der Waals surface area contributed by atoms with Crippen LogP contribution in [0.3, 0.4) is 0 Å². The molecular weight excluding hydrogens is 254 g/mol. The third-order valence-corrected chi connectivity index (χ3v) is 2.56.